The summed E-state index contributed by atoms with van der Waals surface area (Å²) >= 11 is 0. The lowest BCUT2D eigenvalue weighted by Gasteiger charge is -2.35. The van der Waals surface area contributed by atoms with Crippen LogP contribution in [0, 0.1) is 0 Å². The minimum atomic E-state index is -4.12. The predicted molar refractivity (Wildman–Crippen MR) is 91.4 cm³/mol. The number of rotatable bonds is 16. The highest BCUT2D eigenvalue weighted by Gasteiger charge is 2.21. The Bertz CT molecular complexity index is 375. The zero-order valence-electron chi connectivity index (χ0n) is 15.1. The summed E-state index contributed by atoms with van der Waals surface area (Å²) in [5, 5.41) is 0. The molecule has 23 heavy (non-hydrogen) atoms. The van der Waals surface area contributed by atoms with Gasteiger partial charge in [-0.05, 0) is 19.8 Å². The number of unbranched alkanes of at least 4 members (excludes halogenated alkanes) is 3. The van der Waals surface area contributed by atoms with Crippen molar-refractivity contribution in [3.8, 4) is 0 Å². The molecule has 0 aromatic heterocycles. The van der Waals surface area contributed by atoms with Crippen LogP contribution in [0.15, 0.2) is 0 Å². The smallest absolute Gasteiger partial charge is 0.102 e. The third-order valence-electron chi connectivity index (χ3n) is 4.00. The van der Waals surface area contributed by atoms with E-state index in [1.165, 1.54) is 19.3 Å². The molecule has 0 saturated carbocycles. The van der Waals surface area contributed by atoms with Crippen LogP contribution in [-0.2, 0) is 19.6 Å². The number of likely N-dealkylation sites (N-methyl/N-ethyl adjacent to an activating group) is 1. The molecule has 0 bridgehead atoms. The average molecular weight is 354 g/mol. The molecule has 1 unspecified atom stereocenters. The lowest BCUT2D eigenvalue weighted by atomic mass is 10.2. The molecular weight excluding hydrogens is 318 g/mol. The Kier molecular flexibility index (Phi) is 13.0. The first-order chi connectivity index (χ1) is 10.8. The van der Waals surface area contributed by atoms with Crippen molar-refractivity contribution in [3.05, 3.63) is 0 Å². The number of nitrogens with zero attached hydrogens (tertiary/aromatic N) is 1. The van der Waals surface area contributed by atoms with Crippen LogP contribution in [0.3, 0.4) is 0 Å². The fourth-order valence-electron chi connectivity index (χ4n) is 2.53. The Labute approximate surface area is 142 Å². The van der Waals surface area contributed by atoms with E-state index < -0.39 is 10.1 Å². The zero-order valence-corrected chi connectivity index (χ0v) is 15.9. The SMILES string of the molecule is CCCCCC[N+](C)(CCCS(=O)(=O)[O-])CCOCCOCC. The van der Waals surface area contributed by atoms with E-state index >= 15 is 0 Å². The molecule has 0 amide bonds. The highest BCUT2D eigenvalue weighted by Crippen LogP contribution is 2.10. The molecule has 6 nitrogen and oxygen atoms in total. The molecular formula is C16H35NO5S. The Morgan fingerprint density at radius 3 is 2.13 bits per heavy atom. The van der Waals surface area contributed by atoms with Gasteiger partial charge in [0.2, 0.25) is 0 Å². The van der Waals surface area contributed by atoms with Gasteiger partial charge in [-0.3, -0.25) is 0 Å². The maximum absolute atomic E-state index is 10.8. The summed E-state index contributed by atoms with van der Waals surface area (Å²) in [6.45, 7) is 9.16. The second-order valence-corrected chi connectivity index (χ2v) is 7.80. The van der Waals surface area contributed by atoms with Crippen LogP contribution in [0.2, 0.25) is 0 Å². The predicted octanol–water partition coefficient (Wildman–Crippen LogP) is 2.00. The van der Waals surface area contributed by atoms with Crippen LogP contribution in [0.4, 0.5) is 0 Å². The van der Waals surface area contributed by atoms with Crippen LogP contribution >= 0.6 is 0 Å². The quantitative estimate of drug-likeness (QED) is 0.241. The average Bonchev–Trinajstić information content (AvgIpc) is 2.46. The summed E-state index contributed by atoms with van der Waals surface area (Å²) in [7, 11) is -2.00. The minimum absolute atomic E-state index is 0.277. The molecule has 0 aromatic carbocycles. The Balaban J connectivity index is 4.18. The molecule has 0 spiro atoms. The lowest BCUT2D eigenvalue weighted by Crippen LogP contribution is -2.48. The summed E-state index contributed by atoms with van der Waals surface area (Å²) in [4.78, 5) is 0. The van der Waals surface area contributed by atoms with Crippen molar-refractivity contribution in [1.82, 2.24) is 0 Å². The lowest BCUT2D eigenvalue weighted by molar-refractivity contribution is -0.910. The molecule has 0 radical (unpaired) electrons. The van der Waals surface area contributed by atoms with Crippen molar-refractivity contribution in [2.45, 2.75) is 46.0 Å². The van der Waals surface area contributed by atoms with Crippen molar-refractivity contribution in [2.75, 3.05) is 58.9 Å². The van der Waals surface area contributed by atoms with E-state index in [0.29, 0.717) is 39.4 Å². The molecule has 0 N–H and O–H groups in total. The van der Waals surface area contributed by atoms with E-state index in [2.05, 4.69) is 14.0 Å². The van der Waals surface area contributed by atoms with Gasteiger partial charge < -0.3 is 18.5 Å². The molecule has 140 valence electrons. The molecule has 0 aliphatic rings. The van der Waals surface area contributed by atoms with E-state index in [4.69, 9.17) is 9.47 Å². The van der Waals surface area contributed by atoms with Gasteiger partial charge >= 0.3 is 0 Å². The van der Waals surface area contributed by atoms with Crippen molar-refractivity contribution in [3.63, 3.8) is 0 Å². The zero-order chi connectivity index (χ0) is 17.6. The van der Waals surface area contributed by atoms with Crippen molar-refractivity contribution in [2.24, 2.45) is 0 Å². The summed E-state index contributed by atoms with van der Waals surface area (Å²) in [6.07, 6.45) is 5.14. The molecule has 7 heteroatoms. The topological polar surface area (TPSA) is 75.7 Å². The Morgan fingerprint density at radius 1 is 0.870 bits per heavy atom. The molecule has 0 rings (SSSR count). The van der Waals surface area contributed by atoms with Gasteiger partial charge in [0.25, 0.3) is 0 Å². The third kappa shape index (κ3) is 15.1. The van der Waals surface area contributed by atoms with Crippen LogP contribution in [0.5, 0.6) is 0 Å². The minimum Gasteiger partial charge on any atom is -0.748 e. The van der Waals surface area contributed by atoms with Crippen LogP contribution in [0.1, 0.15) is 46.0 Å². The van der Waals surface area contributed by atoms with E-state index in [1.807, 2.05) is 6.92 Å². The first kappa shape index (κ1) is 22.8. The summed E-state index contributed by atoms with van der Waals surface area (Å²) < 4.78 is 43.9. The van der Waals surface area contributed by atoms with Crippen molar-refractivity contribution >= 4 is 10.1 Å². The Morgan fingerprint density at radius 2 is 1.52 bits per heavy atom. The van der Waals surface area contributed by atoms with Crippen LogP contribution in [-0.4, -0.2) is 76.3 Å². The first-order valence-electron chi connectivity index (χ1n) is 8.75. The van der Waals surface area contributed by atoms with Crippen LogP contribution in [0.25, 0.3) is 0 Å². The molecule has 0 aliphatic heterocycles. The summed E-state index contributed by atoms with van der Waals surface area (Å²) in [6, 6.07) is 0. The second-order valence-electron chi connectivity index (χ2n) is 6.28. The highest BCUT2D eigenvalue weighted by molar-refractivity contribution is 7.85. The van der Waals surface area contributed by atoms with E-state index in [0.717, 1.165) is 24.0 Å². The van der Waals surface area contributed by atoms with Gasteiger partial charge in [-0.15, -0.1) is 0 Å². The van der Waals surface area contributed by atoms with Gasteiger partial charge in [-0.1, -0.05) is 19.8 Å². The maximum atomic E-state index is 10.8. The van der Waals surface area contributed by atoms with E-state index in [9.17, 15) is 13.0 Å². The molecule has 0 saturated heterocycles. The number of hydrogen-bond acceptors (Lipinski definition) is 5. The van der Waals surface area contributed by atoms with Gasteiger partial charge in [0.1, 0.15) is 6.54 Å². The highest BCUT2D eigenvalue weighted by atomic mass is 32.2. The van der Waals surface area contributed by atoms with Crippen molar-refractivity contribution < 1.29 is 26.9 Å². The molecule has 0 aliphatic carbocycles. The van der Waals surface area contributed by atoms with E-state index in [1.54, 1.807) is 0 Å². The monoisotopic (exact) mass is 353 g/mol. The fourth-order valence-corrected chi connectivity index (χ4v) is 3.01. The molecule has 1 atom stereocenters. The van der Waals surface area contributed by atoms with Gasteiger partial charge in [-0.25, -0.2) is 8.42 Å². The molecule has 0 heterocycles. The summed E-state index contributed by atoms with van der Waals surface area (Å²) in [5.74, 6) is -0.277. The largest absolute Gasteiger partial charge is 0.748 e. The standard InChI is InChI=1S/C16H35NO5S/c1-4-6-7-8-10-17(3,11-9-16-23(18,19)20)12-13-22-15-14-21-5-2/h4-16H2,1-3H3. The van der Waals surface area contributed by atoms with Gasteiger partial charge in [0.15, 0.2) is 0 Å². The number of quaternary nitrogens is 1. The third-order valence-corrected chi connectivity index (χ3v) is 4.78. The van der Waals surface area contributed by atoms with Gasteiger partial charge in [-0.2, -0.15) is 0 Å². The molecule has 0 aromatic rings. The number of hydrogen-bond donors (Lipinski definition) is 0. The van der Waals surface area contributed by atoms with Crippen molar-refractivity contribution in [1.29, 1.82) is 0 Å². The Hall–Kier alpha value is -0.210. The van der Waals surface area contributed by atoms with E-state index in [-0.39, 0.29) is 5.75 Å². The second kappa shape index (κ2) is 13.1. The molecule has 0 fully saturated rings. The van der Waals surface area contributed by atoms with Gasteiger partial charge in [0.05, 0.1) is 50.1 Å². The summed E-state index contributed by atoms with van der Waals surface area (Å²) in [5.41, 5.74) is 0. The van der Waals surface area contributed by atoms with Gasteiger partial charge in [0, 0.05) is 18.8 Å². The first-order valence-corrected chi connectivity index (χ1v) is 10.3. The maximum Gasteiger partial charge on any atom is 0.102 e. The number of ether oxygens (including phenoxy) is 2. The normalized spacial score (nSPS) is 14.8. The van der Waals surface area contributed by atoms with Crippen LogP contribution < -0.4 is 0 Å². The fraction of sp³-hybridized carbons (Fsp3) is 1.00.